The third kappa shape index (κ3) is 20.3. The maximum Gasteiger partial charge on any atom is 0.293 e. The van der Waals surface area contributed by atoms with E-state index in [4.69, 9.17) is 16.3 Å². The topological polar surface area (TPSA) is 281 Å². The number of H-pyrrole nitrogens is 1. The number of aromatic nitrogens is 3. The molecule has 6 heterocycles. The number of halogens is 1. The highest BCUT2D eigenvalue weighted by Crippen LogP contribution is 2.44. The van der Waals surface area contributed by atoms with E-state index in [0.29, 0.717) is 49.9 Å². The maximum atomic E-state index is 14.3. The minimum atomic E-state index is -4.63. The number of unbranched alkanes of at least 4 members (excludes halogenated alkanes) is 5. The van der Waals surface area contributed by atoms with E-state index in [0.717, 1.165) is 173 Å². The largest absolute Gasteiger partial charge is 0.455 e. The van der Waals surface area contributed by atoms with E-state index in [2.05, 4.69) is 81.2 Å². The number of β-amino-alcohol motifs (C(OH)–C–C–N with tert-alkyl or cyclic N) is 1. The summed E-state index contributed by atoms with van der Waals surface area (Å²) in [6.45, 7) is 22.1. The third-order valence-corrected chi connectivity index (χ3v) is 24.8. The number of piperazine rings is 2. The molecule has 4 fully saturated rings. The highest BCUT2D eigenvalue weighted by atomic mass is 35.5. The van der Waals surface area contributed by atoms with Crippen LogP contribution in [0, 0.1) is 33.8 Å². The number of hydrogen-bond acceptors (Lipinski definition) is 18. The van der Waals surface area contributed by atoms with E-state index in [1.165, 1.54) is 39.9 Å². The Labute approximate surface area is 637 Å². The average Bonchev–Trinajstić information content (AvgIpc) is 1.79. The molecule has 107 heavy (non-hydrogen) atoms. The molecule has 3 aliphatic heterocycles. The van der Waals surface area contributed by atoms with Gasteiger partial charge in [-0.2, -0.15) is 0 Å². The summed E-state index contributed by atoms with van der Waals surface area (Å²) >= 11 is 7.87. The lowest BCUT2D eigenvalue weighted by Gasteiger charge is -2.42. The normalized spacial score (nSPS) is 20.1. The molecule has 4 aromatic carbocycles. The predicted molar refractivity (Wildman–Crippen MR) is 421 cm³/mol. The number of fused-ring (bicyclic) bond motifs is 1. The number of benzene rings is 4. The number of aryl methyl sites for hydroxylation is 1. The van der Waals surface area contributed by atoms with Crippen LogP contribution in [0.1, 0.15) is 158 Å². The fourth-order valence-corrected chi connectivity index (χ4v) is 17.8. The van der Waals surface area contributed by atoms with Gasteiger partial charge in [-0.15, -0.1) is 11.3 Å². The first-order valence-electron chi connectivity index (χ1n) is 38.1. The molecule has 3 saturated heterocycles. The minimum Gasteiger partial charge on any atom is -0.455 e. The second kappa shape index (κ2) is 34.9. The molecule has 2 aliphatic carbocycles. The minimum absolute atomic E-state index is 0.0205. The van der Waals surface area contributed by atoms with Crippen molar-refractivity contribution >= 4 is 90.3 Å². The van der Waals surface area contributed by atoms with Crippen molar-refractivity contribution in [2.75, 3.05) is 88.8 Å². The van der Waals surface area contributed by atoms with Gasteiger partial charge in [-0.1, -0.05) is 114 Å². The molecule has 0 radical (unpaired) electrons. The maximum absolute atomic E-state index is 14.3. The van der Waals surface area contributed by atoms with Gasteiger partial charge >= 0.3 is 0 Å². The van der Waals surface area contributed by atoms with Crippen molar-refractivity contribution in [2.45, 2.75) is 174 Å². The van der Waals surface area contributed by atoms with E-state index in [-0.39, 0.29) is 65.6 Å². The Bertz CT molecular complexity index is 4420. The fraction of sp³-hybridized carbons (Fsp3) is 0.506. The number of nitrogens with zero attached hydrogens (tertiary/aromatic N) is 8. The molecule has 12 rings (SSSR count). The van der Waals surface area contributed by atoms with E-state index < -0.39 is 55.0 Å². The number of aliphatic hydroxyl groups excluding tert-OH is 1. The van der Waals surface area contributed by atoms with Gasteiger partial charge in [-0.25, -0.2) is 23.1 Å². The number of ether oxygens (including phenoxy) is 1. The molecule has 26 heteroatoms. The van der Waals surface area contributed by atoms with Crippen LogP contribution in [0.4, 0.5) is 17.1 Å². The van der Waals surface area contributed by atoms with Gasteiger partial charge in [0.25, 0.3) is 21.6 Å². The molecule has 7 aromatic rings. The highest BCUT2D eigenvalue weighted by molar-refractivity contribution is 7.90. The number of pyridine rings is 1. The van der Waals surface area contributed by atoms with Crippen molar-refractivity contribution in [3.8, 4) is 21.9 Å². The zero-order valence-corrected chi connectivity index (χ0v) is 64.9. The lowest BCUT2D eigenvalue weighted by atomic mass is 9.72. The van der Waals surface area contributed by atoms with Crippen molar-refractivity contribution in [2.24, 2.45) is 16.7 Å². The summed E-state index contributed by atoms with van der Waals surface area (Å²) in [5.74, 6) is -1.13. The zero-order chi connectivity index (χ0) is 75.6. The lowest BCUT2D eigenvalue weighted by Crippen LogP contribution is -2.57. The smallest absolute Gasteiger partial charge is 0.293 e. The van der Waals surface area contributed by atoms with Crippen molar-refractivity contribution in [1.29, 1.82) is 0 Å². The Morgan fingerprint density at radius 1 is 0.841 bits per heavy atom. The van der Waals surface area contributed by atoms with Gasteiger partial charge in [-0.3, -0.25) is 39.1 Å². The number of aromatic amines is 1. The van der Waals surface area contributed by atoms with Crippen LogP contribution < -0.4 is 30.3 Å². The van der Waals surface area contributed by atoms with E-state index >= 15 is 0 Å². The monoisotopic (exact) mass is 1520 g/mol. The summed E-state index contributed by atoms with van der Waals surface area (Å²) in [7, 11) is -4.63. The molecule has 0 unspecified atom stereocenters. The second-order valence-electron chi connectivity index (χ2n) is 31.7. The van der Waals surface area contributed by atoms with Crippen LogP contribution in [-0.2, 0) is 31.0 Å². The molecule has 0 spiro atoms. The first-order valence-corrected chi connectivity index (χ1v) is 40.8. The number of rotatable bonds is 29. The number of allylic oxidation sites excluding steroid dienone is 1. The summed E-state index contributed by atoms with van der Waals surface area (Å²) in [4.78, 5) is 91.2. The molecule has 1 saturated carbocycles. The number of hydrogen-bond donors (Lipinski definition) is 6. The Balaban J connectivity index is 0.551. The summed E-state index contributed by atoms with van der Waals surface area (Å²) in [6.07, 6.45) is 15.9. The van der Waals surface area contributed by atoms with Crippen LogP contribution in [0.25, 0.3) is 27.0 Å². The summed E-state index contributed by atoms with van der Waals surface area (Å²) in [6, 6.07) is 27.3. The third-order valence-electron chi connectivity index (χ3n) is 22.2. The fourth-order valence-electron chi connectivity index (χ4n) is 15.9. The molecule has 3 atom stereocenters. The lowest BCUT2D eigenvalue weighted by molar-refractivity contribution is -0.384. The first kappa shape index (κ1) is 78.3. The van der Waals surface area contributed by atoms with Crippen LogP contribution in [0.3, 0.4) is 0 Å². The number of amides is 4. The standard InChI is InChI=1S/C81H104ClN13O10S2/c1-54-74(106-53-87-54)58-18-14-55(15-19-58)49-86-78(99)71-45-64(96)52-94(71)79(100)75(80(2,3)4)88-73(97)13-11-9-7-8-10-12-34-90-35-39-92(40-36-90)62-24-16-56(17-25-62)48-84-69-29-27-66(46-70(69)95(101)102)107(103,104)89-77(98)67-28-26-63(44-72(67)105-65-43-59-31-33-83-76(59)85-50-65)93-41-37-91(38-42-93)51-60-30-32-81(5,6)47-68(60)57-20-22-61(82)23-21-57/h14-15,18-23,26-29,31,33,43-44,46,50,53,56,62,64,71,75,84,96H,7-13,16-17,24-25,30,32,34-42,45,47-49,51-52H2,1-6H3,(H,83,85)(H,86,99)(H,88,97)(H,89,98)/t56?,62?,64-,71+,75-/m1/s1. The number of aliphatic hydroxyl groups is 1. The number of carbonyl (C=O) groups is 4. The Morgan fingerprint density at radius 3 is 2.26 bits per heavy atom. The van der Waals surface area contributed by atoms with Gasteiger partial charge in [-0.05, 0) is 159 Å². The number of thiazole rings is 1. The number of sulfonamides is 1. The molecule has 572 valence electrons. The van der Waals surface area contributed by atoms with E-state index in [1.54, 1.807) is 41.8 Å². The molecular weight excluding hydrogens is 1410 g/mol. The van der Waals surface area contributed by atoms with Gasteiger partial charge in [0.05, 0.1) is 43.8 Å². The predicted octanol–water partition coefficient (Wildman–Crippen LogP) is 13.4. The Morgan fingerprint density at radius 2 is 1.55 bits per heavy atom. The van der Waals surface area contributed by atoms with Gasteiger partial charge in [0.15, 0.2) is 0 Å². The molecule has 0 bridgehead atoms. The zero-order valence-electron chi connectivity index (χ0n) is 62.5. The Hall–Kier alpha value is -8.30. The second-order valence-corrected chi connectivity index (χ2v) is 34.7. The molecule has 6 N–H and O–H groups in total. The quantitative estimate of drug-likeness (QED) is 0.0144. The molecule has 23 nitrogen and oxygen atoms in total. The number of carbonyl (C=O) groups excluding carboxylic acids is 4. The van der Waals surface area contributed by atoms with Crippen LogP contribution in [0.15, 0.2) is 125 Å². The van der Waals surface area contributed by atoms with Crippen LogP contribution in [-0.4, -0.2) is 179 Å². The number of nitrogens with one attached hydrogen (secondary N) is 5. The van der Waals surface area contributed by atoms with Crippen molar-refractivity contribution in [3.63, 3.8) is 0 Å². The Kier molecular flexibility index (Phi) is 25.6. The first-order chi connectivity index (χ1) is 51.3. The summed E-state index contributed by atoms with van der Waals surface area (Å²) < 4.78 is 36.8. The van der Waals surface area contributed by atoms with Crippen molar-refractivity contribution in [1.82, 2.24) is 49.9 Å². The highest BCUT2D eigenvalue weighted by Gasteiger charge is 2.45. The molecule has 3 aromatic heterocycles. The summed E-state index contributed by atoms with van der Waals surface area (Å²) in [5, 5.41) is 34.0. The molecule has 5 aliphatic rings. The van der Waals surface area contributed by atoms with Crippen LogP contribution >= 0.6 is 22.9 Å². The number of nitro benzene ring substituents is 1. The molecule has 4 amide bonds. The number of nitro groups is 1. The van der Waals surface area contributed by atoms with Gasteiger partial charge < -0.3 is 45.5 Å². The SMILES string of the molecule is Cc1ncsc1-c1ccc(CNC(=O)[C@@H]2C[C@@H](O)CN2C(=O)[C@@H](NC(=O)CCCCCCCCN2CCN(C3CCC(CNc4ccc(S(=O)(=O)NC(=O)c5ccc(N6CCN(CC7=C(c8ccc(Cl)cc8)CC(C)(C)CC7)CC6)cc5Oc5cnc6[nH]ccc6c5)cc4[N+](=O)[O-])CC3)CC2)C(C)(C)C)cc1. The van der Waals surface area contributed by atoms with Crippen molar-refractivity contribution < 1.29 is 42.4 Å². The number of anilines is 2. The van der Waals surface area contributed by atoms with Gasteiger partial charge in [0.2, 0.25) is 17.7 Å². The summed E-state index contributed by atoms with van der Waals surface area (Å²) in [5.41, 5.74) is 9.60. The van der Waals surface area contributed by atoms with Gasteiger partial charge in [0.1, 0.15) is 34.9 Å². The average molecular weight is 1520 g/mol. The van der Waals surface area contributed by atoms with E-state index in [9.17, 15) is 42.8 Å². The van der Waals surface area contributed by atoms with Gasteiger partial charge in [0, 0.05) is 132 Å². The van der Waals surface area contributed by atoms with Crippen LogP contribution in [0.5, 0.6) is 11.5 Å². The van der Waals surface area contributed by atoms with Crippen LogP contribution in [0.2, 0.25) is 5.02 Å². The van der Waals surface area contributed by atoms with E-state index in [1.807, 2.05) is 75.7 Å². The molecular formula is C81H104ClN13O10S2. The van der Waals surface area contributed by atoms with Crippen molar-refractivity contribution in [3.05, 3.63) is 158 Å². The number of likely N-dealkylation sites (tertiary alicyclic amines) is 1.